The fraction of sp³-hybridized carbons (Fsp3) is 1.00. The lowest BCUT2D eigenvalue weighted by molar-refractivity contribution is -0.107. The monoisotopic (exact) mass is 350 g/mol. The van der Waals surface area contributed by atoms with Gasteiger partial charge in [0.2, 0.25) is 0 Å². The molecule has 2 saturated carbocycles. The van der Waals surface area contributed by atoms with E-state index in [0.717, 1.165) is 11.8 Å². The van der Waals surface area contributed by atoms with Crippen molar-refractivity contribution in [1.29, 1.82) is 0 Å². The summed E-state index contributed by atoms with van der Waals surface area (Å²) in [6, 6.07) is 0. The number of hydrogen-bond acceptors (Lipinski definition) is 1. The molecule has 0 aliphatic heterocycles. The molecule has 2 aliphatic rings. The molecule has 0 radical (unpaired) electrons. The molecule has 0 aromatic carbocycles. The summed E-state index contributed by atoms with van der Waals surface area (Å²) in [6.45, 7) is 14.4. The predicted molar refractivity (Wildman–Crippen MR) is 110 cm³/mol. The van der Waals surface area contributed by atoms with Crippen molar-refractivity contribution in [3.8, 4) is 0 Å². The summed E-state index contributed by atoms with van der Waals surface area (Å²) in [5.41, 5.74) is 0.724. The maximum Gasteiger partial charge on any atom is 0.0612 e. The summed E-state index contributed by atoms with van der Waals surface area (Å²) in [7, 11) is 0. The maximum absolute atomic E-state index is 7.08. The van der Waals surface area contributed by atoms with Crippen molar-refractivity contribution in [3.05, 3.63) is 0 Å². The molecule has 0 amide bonds. The molecule has 25 heavy (non-hydrogen) atoms. The van der Waals surface area contributed by atoms with E-state index in [9.17, 15) is 0 Å². The van der Waals surface area contributed by atoms with Gasteiger partial charge in [-0.15, -0.1) is 0 Å². The molecule has 0 spiro atoms. The van der Waals surface area contributed by atoms with Crippen LogP contribution in [0.25, 0.3) is 0 Å². The van der Waals surface area contributed by atoms with E-state index in [1.165, 1.54) is 77.0 Å². The first-order valence-electron chi connectivity index (χ1n) is 11.3. The highest BCUT2D eigenvalue weighted by Gasteiger charge is 2.35. The van der Waals surface area contributed by atoms with Gasteiger partial charge in [0.25, 0.3) is 0 Å². The van der Waals surface area contributed by atoms with Crippen molar-refractivity contribution in [1.82, 2.24) is 0 Å². The van der Waals surface area contributed by atoms with Gasteiger partial charge in [-0.1, -0.05) is 80.1 Å². The van der Waals surface area contributed by atoms with Crippen LogP contribution in [0.3, 0.4) is 0 Å². The van der Waals surface area contributed by atoms with Gasteiger partial charge in [0, 0.05) is 0 Å². The number of ether oxygens (including phenoxy) is 1. The Morgan fingerprint density at radius 2 is 0.920 bits per heavy atom. The molecule has 2 fully saturated rings. The maximum atomic E-state index is 7.08. The Balaban J connectivity index is 2.10. The average Bonchev–Trinajstić information content (AvgIpc) is 2.53. The second-order valence-electron chi connectivity index (χ2n) is 11.5. The molecule has 2 unspecified atom stereocenters. The Morgan fingerprint density at radius 1 is 0.600 bits per heavy atom. The molecule has 0 aromatic rings. The Morgan fingerprint density at radius 3 is 1.20 bits per heavy atom. The van der Waals surface area contributed by atoms with E-state index < -0.39 is 0 Å². The fourth-order valence-corrected chi connectivity index (χ4v) is 5.10. The third-order valence-corrected chi connectivity index (χ3v) is 6.33. The van der Waals surface area contributed by atoms with Crippen LogP contribution in [-0.2, 0) is 4.74 Å². The van der Waals surface area contributed by atoms with Crippen molar-refractivity contribution < 1.29 is 4.74 Å². The highest BCUT2D eigenvalue weighted by atomic mass is 16.5. The van der Waals surface area contributed by atoms with Gasteiger partial charge in [0.1, 0.15) is 0 Å². The van der Waals surface area contributed by atoms with Crippen LogP contribution in [-0.4, -0.2) is 12.2 Å². The van der Waals surface area contributed by atoms with Crippen LogP contribution in [0.2, 0.25) is 0 Å². The summed E-state index contributed by atoms with van der Waals surface area (Å²) < 4.78 is 7.08. The van der Waals surface area contributed by atoms with Gasteiger partial charge in [-0.05, 0) is 61.2 Å². The van der Waals surface area contributed by atoms with Crippen LogP contribution in [0.5, 0.6) is 0 Å². The summed E-state index contributed by atoms with van der Waals surface area (Å²) in [5.74, 6) is 1.61. The van der Waals surface area contributed by atoms with Crippen molar-refractivity contribution in [3.63, 3.8) is 0 Å². The van der Waals surface area contributed by atoms with Gasteiger partial charge in [-0.2, -0.15) is 0 Å². The Bertz CT molecular complexity index is 325. The minimum Gasteiger partial charge on any atom is -0.374 e. The zero-order valence-electron chi connectivity index (χ0n) is 18.2. The molecule has 0 saturated heterocycles. The third kappa shape index (κ3) is 8.02. The molecule has 148 valence electrons. The quantitative estimate of drug-likeness (QED) is 0.475. The summed E-state index contributed by atoms with van der Waals surface area (Å²) >= 11 is 0. The van der Waals surface area contributed by atoms with E-state index in [2.05, 4.69) is 41.5 Å². The Hall–Kier alpha value is -0.0400. The van der Waals surface area contributed by atoms with E-state index in [1.54, 1.807) is 0 Å². The summed E-state index contributed by atoms with van der Waals surface area (Å²) in [6.07, 6.45) is 17.6. The lowest BCUT2D eigenvalue weighted by atomic mass is 9.76. The van der Waals surface area contributed by atoms with E-state index in [4.69, 9.17) is 4.74 Å². The zero-order valence-corrected chi connectivity index (χ0v) is 18.2. The van der Waals surface area contributed by atoms with Crippen LogP contribution >= 0.6 is 0 Å². The standard InChI is InChI=1S/C24H46O/c1-23(2,3)17-21(19-13-9-7-10-14-19)25-22(18-24(4,5)6)20-15-11-8-12-16-20/h19-22H,7-18H2,1-6H3. The summed E-state index contributed by atoms with van der Waals surface area (Å²) in [4.78, 5) is 0. The lowest BCUT2D eigenvalue weighted by Gasteiger charge is -2.41. The van der Waals surface area contributed by atoms with E-state index in [0.29, 0.717) is 23.0 Å². The molecule has 2 aliphatic carbocycles. The first-order valence-corrected chi connectivity index (χ1v) is 11.3. The fourth-order valence-electron chi connectivity index (χ4n) is 5.10. The topological polar surface area (TPSA) is 9.23 Å². The van der Waals surface area contributed by atoms with Gasteiger partial charge in [-0.3, -0.25) is 0 Å². The molecule has 1 nitrogen and oxygen atoms in total. The molecular weight excluding hydrogens is 304 g/mol. The molecular formula is C24H46O. The van der Waals surface area contributed by atoms with Crippen molar-refractivity contribution in [2.24, 2.45) is 22.7 Å². The first kappa shape index (κ1) is 21.3. The molecule has 2 rings (SSSR count). The molecule has 0 aromatic heterocycles. The van der Waals surface area contributed by atoms with E-state index in [-0.39, 0.29) is 0 Å². The van der Waals surface area contributed by atoms with Gasteiger partial charge < -0.3 is 4.74 Å². The van der Waals surface area contributed by atoms with E-state index >= 15 is 0 Å². The van der Waals surface area contributed by atoms with Gasteiger partial charge in [-0.25, -0.2) is 0 Å². The third-order valence-electron chi connectivity index (χ3n) is 6.33. The minimum absolute atomic E-state index is 0.362. The summed E-state index contributed by atoms with van der Waals surface area (Å²) in [5, 5.41) is 0. The number of hydrogen-bond donors (Lipinski definition) is 0. The van der Waals surface area contributed by atoms with Gasteiger partial charge in [0.05, 0.1) is 12.2 Å². The average molecular weight is 351 g/mol. The largest absolute Gasteiger partial charge is 0.374 e. The number of rotatable bonds is 6. The predicted octanol–water partition coefficient (Wildman–Crippen LogP) is 7.77. The van der Waals surface area contributed by atoms with Crippen LogP contribution in [0, 0.1) is 22.7 Å². The second-order valence-corrected chi connectivity index (χ2v) is 11.5. The molecule has 2 atom stereocenters. The molecule has 0 heterocycles. The molecule has 1 heteroatoms. The van der Waals surface area contributed by atoms with Gasteiger partial charge in [0.15, 0.2) is 0 Å². The zero-order chi connectivity index (χ0) is 18.5. The smallest absolute Gasteiger partial charge is 0.0612 e. The van der Waals surface area contributed by atoms with Crippen molar-refractivity contribution >= 4 is 0 Å². The first-order chi connectivity index (χ1) is 11.6. The Kier molecular flexibility index (Phi) is 7.86. The Labute approximate surface area is 158 Å². The minimum atomic E-state index is 0.362. The van der Waals surface area contributed by atoms with Crippen LogP contribution in [0.15, 0.2) is 0 Å². The SMILES string of the molecule is CC(C)(C)CC(OC(CC(C)(C)C)C1CCCCC1)C1CCCCC1. The molecule has 0 N–H and O–H groups in total. The van der Waals surface area contributed by atoms with Crippen molar-refractivity contribution in [2.75, 3.05) is 0 Å². The van der Waals surface area contributed by atoms with Crippen molar-refractivity contribution in [2.45, 2.75) is 131 Å². The second kappa shape index (κ2) is 9.25. The van der Waals surface area contributed by atoms with Crippen LogP contribution in [0.4, 0.5) is 0 Å². The van der Waals surface area contributed by atoms with Crippen LogP contribution < -0.4 is 0 Å². The highest BCUT2D eigenvalue weighted by molar-refractivity contribution is 4.84. The van der Waals surface area contributed by atoms with Crippen LogP contribution in [0.1, 0.15) is 119 Å². The van der Waals surface area contributed by atoms with E-state index in [1.807, 2.05) is 0 Å². The highest BCUT2D eigenvalue weighted by Crippen LogP contribution is 2.40. The normalized spacial score (nSPS) is 24.2. The lowest BCUT2D eigenvalue weighted by Crippen LogP contribution is -2.39. The molecule has 0 bridgehead atoms. The van der Waals surface area contributed by atoms with Gasteiger partial charge >= 0.3 is 0 Å².